The molecule has 12 heavy (non-hydrogen) atoms. The second-order valence-corrected chi connectivity index (χ2v) is 4.01. The minimum absolute atomic E-state index is 0.0301. The van der Waals surface area contributed by atoms with Crippen molar-refractivity contribution in [2.24, 2.45) is 11.3 Å². The van der Waals surface area contributed by atoms with E-state index in [9.17, 15) is 9.59 Å². The number of Topliss-reactive ketones (excluding diaryl/α,β-unsaturated/α-hetero) is 1. The molecular weight excluding hydrogens is 156 g/mol. The number of hydrogen-bond donors (Lipinski definition) is 1. The Balaban J connectivity index is 2.70. The van der Waals surface area contributed by atoms with Gasteiger partial charge in [-0.05, 0) is 26.2 Å². The van der Waals surface area contributed by atoms with Gasteiger partial charge in [-0.15, -0.1) is 0 Å². The topological polar surface area (TPSA) is 54.4 Å². The van der Waals surface area contributed by atoms with Gasteiger partial charge >= 0.3 is 5.97 Å². The zero-order chi connectivity index (χ0) is 9.35. The van der Waals surface area contributed by atoms with Crippen LogP contribution in [0.5, 0.6) is 0 Å². The van der Waals surface area contributed by atoms with Crippen molar-refractivity contribution < 1.29 is 14.7 Å². The highest BCUT2D eigenvalue weighted by molar-refractivity contribution is 5.83. The van der Waals surface area contributed by atoms with Crippen LogP contribution in [-0.4, -0.2) is 16.9 Å². The lowest BCUT2D eigenvalue weighted by Crippen LogP contribution is -2.31. The molecule has 0 aromatic rings. The van der Waals surface area contributed by atoms with E-state index < -0.39 is 11.4 Å². The van der Waals surface area contributed by atoms with Crippen LogP contribution in [0.2, 0.25) is 0 Å². The number of ketones is 1. The largest absolute Gasteiger partial charge is 0.481 e. The Morgan fingerprint density at radius 3 is 2.50 bits per heavy atom. The molecule has 1 N–H and O–H groups in total. The first-order valence-corrected chi connectivity index (χ1v) is 4.19. The van der Waals surface area contributed by atoms with Gasteiger partial charge in [0.2, 0.25) is 0 Å². The van der Waals surface area contributed by atoms with Gasteiger partial charge in [-0.3, -0.25) is 9.59 Å². The maximum absolute atomic E-state index is 10.9. The van der Waals surface area contributed by atoms with E-state index in [1.54, 1.807) is 13.8 Å². The zero-order valence-electron chi connectivity index (χ0n) is 7.46. The smallest absolute Gasteiger partial charge is 0.309 e. The Kier molecular flexibility index (Phi) is 2.22. The Bertz CT molecular complexity index is 218. The molecule has 1 saturated carbocycles. The summed E-state index contributed by atoms with van der Waals surface area (Å²) in [4.78, 5) is 21.7. The maximum Gasteiger partial charge on any atom is 0.309 e. The van der Waals surface area contributed by atoms with Crippen molar-refractivity contribution in [3.8, 4) is 0 Å². The van der Waals surface area contributed by atoms with Crippen LogP contribution in [0, 0.1) is 11.3 Å². The molecule has 1 aliphatic rings. The molecule has 0 heterocycles. The van der Waals surface area contributed by atoms with Gasteiger partial charge in [0.05, 0.1) is 5.41 Å². The number of aliphatic carboxylic acids is 1. The van der Waals surface area contributed by atoms with Gasteiger partial charge < -0.3 is 5.11 Å². The molecule has 1 rings (SSSR count). The van der Waals surface area contributed by atoms with E-state index in [1.165, 1.54) is 0 Å². The molecule has 0 spiro atoms. The summed E-state index contributed by atoms with van der Waals surface area (Å²) in [6.45, 7) is 3.39. The molecule has 3 nitrogen and oxygen atoms in total. The molecule has 0 saturated heterocycles. The van der Waals surface area contributed by atoms with Crippen LogP contribution in [0.3, 0.4) is 0 Å². The molecule has 0 aliphatic heterocycles. The summed E-state index contributed by atoms with van der Waals surface area (Å²) in [5, 5.41) is 8.88. The van der Waals surface area contributed by atoms with Gasteiger partial charge in [0.1, 0.15) is 5.78 Å². The predicted octanol–water partition coefficient (Wildman–Crippen LogP) is 1.47. The normalized spacial score (nSPS) is 24.5. The van der Waals surface area contributed by atoms with Crippen molar-refractivity contribution in [1.82, 2.24) is 0 Å². The van der Waals surface area contributed by atoms with Crippen LogP contribution in [-0.2, 0) is 9.59 Å². The van der Waals surface area contributed by atoms with Gasteiger partial charge in [0.15, 0.2) is 0 Å². The highest BCUT2D eigenvalue weighted by atomic mass is 16.4. The van der Waals surface area contributed by atoms with Crippen molar-refractivity contribution in [1.29, 1.82) is 0 Å². The Labute approximate surface area is 71.8 Å². The minimum atomic E-state index is -0.804. The average molecular weight is 170 g/mol. The first kappa shape index (κ1) is 9.23. The molecule has 0 bridgehead atoms. The number of carboxylic acids is 1. The fourth-order valence-corrected chi connectivity index (χ4v) is 1.60. The second-order valence-electron chi connectivity index (χ2n) is 4.01. The monoisotopic (exact) mass is 170 g/mol. The first-order valence-electron chi connectivity index (χ1n) is 4.19. The molecule has 0 aromatic carbocycles. The summed E-state index contributed by atoms with van der Waals surface area (Å²) in [6.07, 6.45) is 1.73. The predicted molar refractivity (Wildman–Crippen MR) is 43.8 cm³/mol. The van der Waals surface area contributed by atoms with Gasteiger partial charge in [0, 0.05) is 12.8 Å². The molecule has 0 amide bonds. The summed E-state index contributed by atoms with van der Waals surface area (Å²) in [6, 6.07) is 0. The van der Waals surface area contributed by atoms with Gasteiger partial charge in [-0.2, -0.15) is 0 Å². The number of carbonyl (C=O) groups is 2. The van der Waals surface area contributed by atoms with Crippen molar-refractivity contribution in [2.75, 3.05) is 0 Å². The van der Waals surface area contributed by atoms with Crippen molar-refractivity contribution in [2.45, 2.75) is 33.1 Å². The third kappa shape index (κ3) is 1.49. The van der Waals surface area contributed by atoms with E-state index in [0.717, 1.165) is 6.42 Å². The summed E-state index contributed by atoms with van der Waals surface area (Å²) in [5.74, 6) is -0.570. The maximum atomic E-state index is 10.9. The molecule has 3 heteroatoms. The van der Waals surface area contributed by atoms with Crippen LogP contribution in [0.1, 0.15) is 33.1 Å². The highest BCUT2D eigenvalue weighted by Crippen LogP contribution is 2.37. The third-order valence-corrected chi connectivity index (χ3v) is 2.82. The van der Waals surface area contributed by atoms with Gasteiger partial charge in [-0.25, -0.2) is 0 Å². The van der Waals surface area contributed by atoms with Gasteiger partial charge in [-0.1, -0.05) is 0 Å². The summed E-state index contributed by atoms with van der Waals surface area (Å²) < 4.78 is 0. The lowest BCUT2D eigenvalue weighted by molar-refractivity contribution is -0.150. The fraction of sp³-hybridized carbons (Fsp3) is 0.778. The van der Waals surface area contributed by atoms with E-state index in [0.29, 0.717) is 12.8 Å². The molecule has 0 aromatic heterocycles. The standard InChI is InChI=1S/C9H14O3/c1-9(2,8(11)12)6-3-4-7(10)5-6/h6H,3-5H2,1-2H3,(H,11,12). The van der Waals surface area contributed by atoms with Crippen LogP contribution >= 0.6 is 0 Å². The zero-order valence-corrected chi connectivity index (χ0v) is 7.46. The summed E-state index contributed by atoms with van der Waals surface area (Å²) >= 11 is 0. The molecule has 1 aliphatic carbocycles. The average Bonchev–Trinajstić information content (AvgIpc) is 2.35. The van der Waals surface area contributed by atoms with Gasteiger partial charge in [0.25, 0.3) is 0 Å². The van der Waals surface area contributed by atoms with Crippen molar-refractivity contribution in [3.05, 3.63) is 0 Å². The van der Waals surface area contributed by atoms with Crippen molar-refractivity contribution >= 4 is 11.8 Å². The second kappa shape index (κ2) is 2.88. The fourth-order valence-electron chi connectivity index (χ4n) is 1.60. The third-order valence-electron chi connectivity index (χ3n) is 2.82. The quantitative estimate of drug-likeness (QED) is 0.682. The number of carboxylic acid groups (broad SMARTS) is 1. The van der Waals surface area contributed by atoms with Crippen LogP contribution in [0.15, 0.2) is 0 Å². The van der Waals surface area contributed by atoms with Crippen LogP contribution in [0.25, 0.3) is 0 Å². The lowest BCUT2D eigenvalue weighted by Gasteiger charge is -2.25. The SMILES string of the molecule is CC(C)(C(=O)O)C1CCC(=O)C1. The Morgan fingerprint density at radius 1 is 1.58 bits per heavy atom. The minimum Gasteiger partial charge on any atom is -0.481 e. The molecule has 1 unspecified atom stereocenters. The summed E-state index contributed by atoms with van der Waals surface area (Å²) in [5.41, 5.74) is -0.744. The first-order chi connectivity index (χ1) is 5.44. The van der Waals surface area contributed by atoms with Crippen LogP contribution in [0.4, 0.5) is 0 Å². The Morgan fingerprint density at radius 2 is 2.17 bits per heavy atom. The highest BCUT2D eigenvalue weighted by Gasteiger charge is 2.40. The van der Waals surface area contributed by atoms with E-state index in [4.69, 9.17) is 5.11 Å². The number of rotatable bonds is 2. The van der Waals surface area contributed by atoms with E-state index in [-0.39, 0.29) is 11.7 Å². The van der Waals surface area contributed by atoms with E-state index in [1.807, 2.05) is 0 Å². The van der Waals surface area contributed by atoms with Crippen molar-refractivity contribution in [3.63, 3.8) is 0 Å². The summed E-state index contributed by atoms with van der Waals surface area (Å²) in [7, 11) is 0. The van der Waals surface area contributed by atoms with Crippen LogP contribution < -0.4 is 0 Å². The molecule has 68 valence electrons. The molecular formula is C9H14O3. The number of hydrogen-bond acceptors (Lipinski definition) is 2. The van der Waals surface area contributed by atoms with E-state index in [2.05, 4.69) is 0 Å². The van der Waals surface area contributed by atoms with E-state index >= 15 is 0 Å². The number of carbonyl (C=O) groups excluding carboxylic acids is 1. The lowest BCUT2D eigenvalue weighted by atomic mass is 9.78. The molecule has 0 radical (unpaired) electrons. The molecule has 1 atom stereocenters. The molecule has 1 fully saturated rings. The Hall–Kier alpha value is -0.860.